The van der Waals surface area contributed by atoms with Crippen LogP contribution in [0, 0.1) is 0 Å². The minimum atomic E-state index is -0.437. The number of hydrogen-bond acceptors (Lipinski definition) is 2. The maximum Gasteiger partial charge on any atom is 0.245 e. The van der Waals surface area contributed by atoms with Crippen LogP contribution in [0.4, 0.5) is 0 Å². The molecule has 0 bridgehead atoms. The van der Waals surface area contributed by atoms with Crippen molar-refractivity contribution in [1.82, 2.24) is 0 Å². The first-order valence-corrected chi connectivity index (χ1v) is 2.81. The topological polar surface area (TPSA) is 69.1 Å². The van der Waals surface area contributed by atoms with E-state index in [9.17, 15) is 4.79 Å². The second-order valence-corrected chi connectivity index (χ2v) is 1.90. The summed E-state index contributed by atoms with van der Waals surface area (Å²) in [6.07, 6.45) is 1.63. The molecule has 0 spiro atoms. The van der Waals surface area contributed by atoms with Crippen molar-refractivity contribution in [2.45, 2.75) is 19.9 Å². The molecule has 1 amide bonds. The van der Waals surface area contributed by atoms with Gasteiger partial charge in [0.05, 0.1) is 0 Å². The van der Waals surface area contributed by atoms with Gasteiger partial charge in [-0.1, -0.05) is 6.08 Å². The summed E-state index contributed by atoms with van der Waals surface area (Å²) in [6, 6.07) is -0.257. The van der Waals surface area contributed by atoms with Crippen LogP contribution in [0.3, 0.4) is 0 Å². The lowest BCUT2D eigenvalue weighted by Crippen LogP contribution is -2.28. The van der Waals surface area contributed by atoms with E-state index in [1.54, 1.807) is 19.9 Å². The van der Waals surface area contributed by atoms with Crippen LogP contribution in [0.1, 0.15) is 13.8 Å². The first-order chi connectivity index (χ1) is 4.09. The Hall–Kier alpha value is -0.830. The van der Waals surface area contributed by atoms with Gasteiger partial charge in [-0.2, -0.15) is 0 Å². The first kappa shape index (κ1) is 8.17. The molecule has 52 valence electrons. The second-order valence-electron chi connectivity index (χ2n) is 1.90. The third-order valence-electron chi connectivity index (χ3n) is 1.09. The predicted molar refractivity (Wildman–Crippen MR) is 36.6 cm³/mol. The number of allylic oxidation sites excluding steroid dienone is 1. The fourth-order valence-corrected chi connectivity index (χ4v) is 0.630. The molecule has 0 saturated carbocycles. The Morgan fingerprint density at radius 1 is 1.67 bits per heavy atom. The van der Waals surface area contributed by atoms with Crippen molar-refractivity contribution in [3.05, 3.63) is 11.6 Å². The van der Waals surface area contributed by atoms with E-state index in [-0.39, 0.29) is 6.04 Å². The summed E-state index contributed by atoms with van der Waals surface area (Å²) in [5.41, 5.74) is 10.8. The average Bonchev–Trinajstić information content (AvgIpc) is 1.64. The van der Waals surface area contributed by atoms with Gasteiger partial charge in [-0.25, -0.2) is 0 Å². The third-order valence-corrected chi connectivity index (χ3v) is 1.09. The van der Waals surface area contributed by atoms with Crippen molar-refractivity contribution in [3.8, 4) is 0 Å². The van der Waals surface area contributed by atoms with Crippen LogP contribution in [-0.4, -0.2) is 11.9 Å². The first-order valence-electron chi connectivity index (χ1n) is 2.81. The highest BCUT2D eigenvalue weighted by Gasteiger charge is 2.06. The number of carbonyl (C=O) groups excluding carboxylic acids is 1. The number of carbonyl (C=O) groups is 1. The van der Waals surface area contributed by atoms with Crippen LogP contribution in [0.15, 0.2) is 11.6 Å². The van der Waals surface area contributed by atoms with Gasteiger partial charge in [-0.3, -0.25) is 4.79 Å². The van der Waals surface area contributed by atoms with Crippen LogP contribution >= 0.6 is 0 Å². The van der Waals surface area contributed by atoms with E-state index >= 15 is 0 Å². The van der Waals surface area contributed by atoms with Gasteiger partial charge in [-0.05, 0) is 13.8 Å². The molecular formula is C6H12N2O. The molecule has 0 heterocycles. The molecule has 9 heavy (non-hydrogen) atoms. The van der Waals surface area contributed by atoms with E-state index < -0.39 is 5.91 Å². The smallest absolute Gasteiger partial charge is 0.245 e. The van der Waals surface area contributed by atoms with Gasteiger partial charge in [0.2, 0.25) is 5.91 Å². The molecule has 0 saturated heterocycles. The minimum absolute atomic E-state index is 0.257. The zero-order chi connectivity index (χ0) is 7.44. The van der Waals surface area contributed by atoms with Crippen molar-refractivity contribution in [2.75, 3.05) is 0 Å². The molecule has 0 aromatic carbocycles. The zero-order valence-corrected chi connectivity index (χ0v) is 5.72. The number of hydrogen-bond donors (Lipinski definition) is 2. The summed E-state index contributed by atoms with van der Waals surface area (Å²) in [5.74, 6) is -0.437. The fraction of sp³-hybridized carbons (Fsp3) is 0.500. The molecule has 0 aliphatic heterocycles. The summed E-state index contributed by atoms with van der Waals surface area (Å²) in [4.78, 5) is 10.4. The molecule has 0 aliphatic rings. The van der Waals surface area contributed by atoms with Crippen molar-refractivity contribution in [2.24, 2.45) is 11.5 Å². The van der Waals surface area contributed by atoms with Gasteiger partial charge in [0.15, 0.2) is 0 Å². The Bertz CT molecular complexity index is 138. The van der Waals surface area contributed by atoms with E-state index in [0.717, 1.165) is 0 Å². The largest absolute Gasteiger partial charge is 0.366 e. The molecule has 0 radical (unpaired) electrons. The molecule has 3 heteroatoms. The highest BCUT2D eigenvalue weighted by Crippen LogP contribution is 1.96. The van der Waals surface area contributed by atoms with Gasteiger partial charge in [0.25, 0.3) is 0 Å². The lowest BCUT2D eigenvalue weighted by Gasteiger charge is -2.04. The molecule has 0 fully saturated rings. The van der Waals surface area contributed by atoms with Crippen molar-refractivity contribution in [3.63, 3.8) is 0 Å². The quantitative estimate of drug-likeness (QED) is 0.504. The molecule has 1 atom stereocenters. The van der Waals surface area contributed by atoms with Gasteiger partial charge in [-0.15, -0.1) is 0 Å². The Balaban J connectivity index is 4.19. The van der Waals surface area contributed by atoms with Crippen molar-refractivity contribution < 1.29 is 4.79 Å². The summed E-state index contributed by atoms with van der Waals surface area (Å²) < 4.78 is 0. The van der Waals surface area contributed by atoms with Crippen LogP contribution in [0.2, 0.25) is 0 Å². The fourth-order valence-electron chi connectivity index (χ4n) is 0.630. The Labute approximate surface area is 54.7 Å². The van der Waals surface area contributed by atoms with Crippen LogP contribution in [0.5, 0.6) is 0 Å². The molecule has 0 aliphatic carbocycles. The van der Waals surface area contributed by atoms with E-state index in [1.165, 1.54) is 0 Å². The van der Waals surface area contributed by atoms with Crippen molar-refractivity contribution in [1.29, 1.82) is 0 Å². The maximum atomic E-state index is 10.4. The number of nitrogens with two attached hydrogens (primary N) is 2. The van der Waals surface area contributed by atoms with E-state index in [0.29, 0.717) is 5.57 Å². The Kier molecular flexibility index (Phi) is 2.95. The summed E-state index contributed by atoms with van der Waals surface area (Å²) in [6.45, 7) is 3.46. The SMILES string of the molecule is CC=C(C(N)=O)C(C)N. The third kappa shape index (κ3) is 2.28. The molecule has 0 aromatic rings. The Morgan fingerprint density at radius 2 is 2.11 bits per heavy atom. The molecule has 1 unspecified atom stereocenters. The lowest BCUT2D eigenvalue weighted by molar-refractivity contribution is -0.114. The number of rotatable bonds is 2. The highest BCUT2D eigenvalue weighted by molar-refractivity contribution is 5.92. The summed E-state index contributed by atoms with van der Waals surface area (Å²) >= 11 is 0. The molecule has 4 N–H and O–H groups in total. The molecule has 0 aromatic heterocycles. The van der Waals surface area contributed by atoms with E-state index in [1.807, 2.05) is 0 Å². The van der Waals surface area contributed by atoms with Gasteiger partial charge in [0.1, 0.15) is 0 Å². The lowest BCUT2D eigenvalue weighted by atomic mass is 10.1. The molecule has 3 nitrogen and oxygen atoms in total. The standard InChI is InChI=1S/C6H12N2O/c1-3-5(4(2)7)6(8)9/h3-4H,7H2,1-2H3,(H2,8,9). The average molecular weight is 128 g/mol. The van der Waals surface area contributed by atoms with E-state index in [4.69, 9.17) is 11.5 Å². The molecular weight excluding hydrogens is 116 g/mol. The van der Waals surface area contributed by atoms with Crippen LogP contribution in [0.25, 0.3) is 0 Å². The van der Waals surface area contributed by atoms with Gasteiger partial charge < -0.3 is 11.5 Å². The predicted octanol–water partition coefficient (Wildman–Crippen LogP) is -0.235. The highest BCUT2D eigenvalue weighted by atomic mass is 16.1. The second kappa shape index (κ2) is 3.25. The number of primary amides is 1. The molecule has 0 rings (SSSR count). The maximum absolute atomic E-state index is 10.4. The summed E-state index contributed by atoms with van der Waals surface area (Å²) in [5, 5.41) is 0. The van der Waals surface area contributed by atoms with Gasteiger partial charge >= 0.3 is 0 Å². The Morgan fingerprint density at radius 3 is 2.11 bits per heavy atom. The number of amides is 1. The normalized spacial score (nSPS) is 15.2. The van der Waals surface area contributed by atoms with Crippen LogP contribution < -0.4 is 11.5 Å². The minimum Gasteiger partial charge on any atom is -0.366 e. The van der Waals surface area contributed by atoms with Gasteiger partial charge in [0, 0.05) is 11.6 Å². The van der Waals surface area contributed by atoms with Crippen molar-refractivity contribution >= 4 is 5.91 Å². The monoisotopic (exact) mass is 128 g/mol. The van der Waals surface area contributed by atoms with E-state index in [2.05, 4.69) is 0 Å². The van der Waals surface area contributed by atoms with Crippen LogP contribution in [-0.2, 0) is 4.79 Å². The zero-order valence-electron chi connectivity index (χ0n) is 5.72. The summed E-state index contributed by atoms with van der Waals surface area (Å²) in [7, 11) is 0.